The van der Waals surface area contributed by atoms with Gasteiger partial charge in [-0.15, -0.1) is 11.6 Å². The van der Waals surface area contributed by atoms with Crippen molar-refractivity contribution in [2.75, 3.05) is 7.11 Å². The highest BCUT2D eigenvalue weighted by atomic mass is 35.5. The van der Waals surface area contributed by atoms with Gasteiger partial charge in [0, 0.05) is 7.11 Å². The Hall–Kier alpha value is -0.770. The first-order valence-electron chi connectivity index (χ1n) is 6.50. The molecule has 2 aromatic rings. The molecular weight excluding hydrogens is 283 g/mol. The highest BCUT2D eigenvalue weighted by Gasteiger charge is 2.31. The lowest BCUT2D eigenvalue weighted by atomic mass is 10.2. The molecule has 5 heteroatoms. The molecule has 3 nitrogen and oxygen atoms in total. The minimum absolute atomic E-state index is 0.235. The van der Waals surface area contributed by atoms with Crippen LogP contribution >= 0.6 is 23.2 Å². The molecule has 3 rings (SSSR count). The van der Waals surface area contributed by atoms with Crippen LogP contribution in [0.25, 0.3) is 11.0 Å². The molecule has 2 atom stereocenters. The van der Waals surface area contributed by atoms with Crippen molar-refractivity contribution < 1.29 is 4.74 Å². The lowest BCUT2D eigenvalue weighted by Gasteiger charge is -2.22. The predicted octanol–water partition coefficient (Wildman–Crippen LogP) is 4.17. The number of hydrogen-bond acceptors (Lipinski definition) is 2. The van der Waals surface area contributed by atoms with E-state index in [2.05, 4.69) is 15.6 Å². The van der Waals surface area contributed by atoms with Gasteiger partial charge in [0.05, 0.1) is 28.6 Å². The van der Waals surface area contributed by atoms with Crippen molar-refractivity contribution in [3.8, 4) is 0 Å². The molecule has 0 N–H and O–H groups in total. The Bertz CT molecular complexity index is 596. The maximum absolute atomic E-state index is 6.23. The Kier molecular flexibility index (Phi) is 3.70. The third-order valence-electron chi connectivity index (χ3n) is 3.92. The van der Waals surface area contributed by atoms with Gasteiger partial charge >= 0.3 is 0 Å². The summed E-state index contributed by atoms with van der Waals surface area (Å²) in [7, 11) is 1.77. The SMILES string of the molecule is COC1CCCC1n1c(CCl)nc2c(Cl)cccc21. The van der Waals surface area contributed by atoms with Crippen LogP contribution in [0.15, 0.2) is 18.2 Å². The molecule has 0 spiro atoms. The van der Waals surface area contributed by atoms with Crippen molar-refractivity contribution in [3.05, 3.63) is 29.0 Å². The molecule has 1 aromatic carbocycles. The van der Waals surface area contributed by atoms with Gasteiger partial charge < -0.3 is 9.30 Å². The predicted molar refractivity (Wildman–Crippen MR) is 78.0 cm³/mol. The number of ether oxygens (including phenoxy) is 1. The number of benzene rings is 1. The molecule has 0 bridgehead atoms. The number of fused-ring (bicyclic) bond motifs is 1. The largest absolute Gasteiger partial charge is 0.379 e. The highest BCUT2D eigenvalue weighted by Crippen LogP contribution is 2.37. The first kappa shape index (κ1) is 13.2. The van der Waals surface area contributed by atoms with Gasteiger partial charge in [-0.2, -0.15) is 0 Å². The molecule has 19 heavy (non-hydrogen) atoms. The van der Waals surface area contributed by atoms with Crippen molar-refractivity contribution in [1.29, 1.82) is 0 Å². The summed E-state index contributed by atoms with van der Waals surface area (Å²) < 4.78 is 7.82. The van der Waals surface area contributed by atoms with Crippen LogP contribution in [0.3, 0.4) is 0 Å². The van der Waals surface area contributed by atoms with Crippen molar-refractivity contribution >= 4 is 34.2 Å². The average Bonchev–Trinajstić information content (AvgIpc) is 3.01. The van der Waals surface area contributed by atoms with Gasteiger partial charge in [0.2, 0.25) is 0 Å². The van der Waals surface area contributed by atoms with Crippen LogP contribution in [0.4, 0.5) is 0 Å². The molecule has 0 amide bonds. The second-order valence-corrected chi connectivity index (χ2v) is 5.59. The minimum Gasteiger partial charge on any atom is -0.379 e. The number of alkyl halides is 1. The minimum atomic E-state index is 0.235. The average molecular weight is 299 g/mol. The number of rotatable bonds is 3. The summed E-state index contributed by atoms with van der Waals surface area (Å²) >= 11 is 12.3. The number of para-hydroxylation sites is 1. The van der Waals surface area contributed by atoms with E-state index < -0.39 is 0 Å². The van der Waals surface area contributed by atoms with Crippen molar-refractivity contribution in [2.24, 2.45) is 0 Å². The van der Waals surface area contributed by atoms with E-state index in [-0.39, 0.29) is 6.10 Å². The quantitative estimate of drug-likeness (QED) is 0.795. The van der Waals surface area contributed by atoms with Gasteiger partial charge in [-0.1, -0.05) is 17.7 Å². The summed E-state index contributed by atoms with van der Waals surface area (Å²) in [5.74, 6) is 1.26. The van der Waals surface area contributed by atoms with Crippen LogP contribution in [0.5, 0.6) is 0 Å². The molecule has 1 heterocycles. The maximum Gasteiger partial charge on any atom is 0.125 e. The molecular formula is C14H16Cl2N2O. The zero-order valence-corrected chi connectivity index (χ0v) is 12.3. The third kappa shape index (κ3) is 2.14. The van der Waals surface area contributed by atoms with Crippen molar-refractivity contribution in [3.63, 3.8) is 0 Å². The Labute approximate surface area is 122 Å². The van der Waals surface area contributed by atoms with Gasteiger partial charge in [-0.05, 0) is 31.4 Å². The lowest BCUT2D eigenvalue weighted by molar-refractivity contribution is 0.0755. The van der Waals surface area contributed by atoms with Crippen LogP contribution in [-0.4, -0.2) is 22.8 Å². The van der Waals surface area contributed by atoms with Crippen molar-refractivity contribution in [1.82, 2.24) is 9.55 Å². The van der Waals surface area contributed by atoms with E-state index in [0.29, 0.717) is 16.9 Å². The first-order chi connectivity index (χ1) is 9.26. The van der Waals surface area contributed by atoms with Gasteiger partial charge in [-0.3, -0.25) is 0 Å². The molecule has 0 aliphatic heterocycles. The highest BCUT2D eigenvalue weighted by molar-refractivity contribution is 6.35. The standard InChI is InChI=1S/C14H16Cl2N2O/c1-19-12-7-3-5-10(12)18-11-6-2-4-9(16)14(11)17-13(18)8-15/h2,4,6,10,12H,3,5,7-8H2,1H3. The summed E-state index contributed by atoms with van der Waals surface area (Å²) in [5.41, 5.74) is 1.89. The Morgan fingerprint density at radius 2 is 2.26 bits per heavy atom. The number of aromatic nitrogens is 2. The van der Waals surface area contributed by atoms with Crippen LogP contribution < -0.4 is 0 Å². The Morgan fingerprint density at radius 1 is 1.42 bits per heavy atom. The summed E-state index contributed by atoms with van der Waals surface area (Å²) in [6, 6.07) is 6.18. The fourth-order valence-electron chi connectivity index (χ4n) is 3.07. The molecule has 1 aliphatic carbocycles. The van der Waals surface area contributed by atoms with E-state index in [4.69, 9.17) is 27.9 Å². The fourth-order valence-corrected chi connectivity index (χ4v) is 3.47. The van der Waals surface area contributed by atoms with E-state index in [1.165, 1.54) is 6.42 Å². The molecule has 0 saturated heterocycles. The zero-order chi connectivity index (χ0) is 13.4. The number of methoxy groups -OCH3 is 1. The van der Waals surface area contributed by atoms with Crippen LogP contribution in [-0.2, 0) is 10.6 Å². The summed E-state index contributed by atoms with van der Waals surface area (Å²) in [6.07, 6.45) is 3.59. The second-order valence-electron chi connectivity index (χ2n) is 4.91. The normalized spacial score (nSPS) is 23.3. The number of nitrogens with zero attached hydrogens (tertiary/aromatic N) is 2. The smallest absolute Gasteiger partial charge is 0.125 e. The number of halogens is 2. The fraction of sp³-hybridized carbons (Fsp3) is 0.500. The topological polar surface area (TPSA) is 27.1 Å². The molecule has 102 valence electrons. The van der Waals surface area contributed by atoms with Crippen molar-refractivity contribution in [2.45, 2.75) is 37.3 Å². The van der Waals surface area contributed by atoms with Gasteiger partial charge in [0.15, 0.2) is 0 Å². The summed E-state index contributed by atoms with van der Waals surface area (Å²) in [6.45, 7) is 0. The van der Waals surface area contributed by atoms with E-state index in [1.54, 1.807) is 7.11 Å². The number of hydrogen-bond donors (Lipinski definition) is 0. The van der Waals surface area contributed by atoms with Gasteiger partial charge in [0.1, 0.15) is 11.3 Å². The van der Waals surface area contributed by atoms with Crippen LogP contribution in [0.2, 0.25) is 5.02 Å². The molecule has 1 aliphatic rings. The molecule has 2 unspecified atom stereocenters. The van der Waals surface area contributed by atoms with Crippen LogP contribution in [0, 0.1) is 0 Å². The lowest BCUT2D eigenvalue weighted by Crippen LogP contribution is -2.22. The van der Waals surface area contributed by atoms with E-state index in [0.717, 1.165) is 29.7 Å². The second kappa shape index (κ2) is 5.31. The van der Waals surface area contributed by atoms with E-state index in [1.807, 2.05) is 12.1 Å². The number of imidazole rings is 1. The molecule has 1 aromatic heterocycles. The third-order valence-corrected chi connectivity index (χ3v) is 4.46. The molecule has 0 radical (unpaired) electrons. The molecule has 1 fully saturated rings. The summed E-state index contributed by atoms with van der Waals surface area (Å²) in [4.78, 5) is 4.59. The first-order valence-corrected chi connectivity index (χ1v) is 7.41. The Balaban J connectivity index is 2.18. The Morgan fingerprint density at radius 3 is 3.00 bits per heavy atom. The van der Waals surface area contributed by atoms with Crippen LogP contribution in [0.1, 0.15) is 31.1 Å². The van der Waals surface area contributed by atoms with E-state index >= 15 is 0 Å². The zero-order valence-electron chi connectivity index (χ0n) is 10.8. The van der Waals surface area contributed by atoms with E-state index in [9.17, 15) is 0 Å². The monoisotopic (exact) mass is 298 g/mol. The maximum atomic E-state index is 6.23. The van der Waals surface area contributed by atoms with Gasteiger partial charge in [0.25, 0.3) is 0 Å². The molecule has 1 saturated carbocycles. The summed E-state index contributed by atoms with van der Waals surface area (Å²) in [5, 5.41) is 0.676. The van der Waals surface area contributed by atoms with Gasteiger partial charge in [-0.25, -0.2) is 4.98 Å².